The second-order valence-corrected chi connectivity index (χ2v) is 15.5. The topological polar surface area (TPSA) is 180 Å². The van der Waals surface area contributed by atoms with Crippen LogP contribution in [-0.2, 0) is 24.0 Å². The van der Waals surface area contributed by atoms with E-state index in [1.807, 2.05) is 27.7 Å². The fourth-order valence-electron chi connectivity index (χ4n) is 7.87. The molecule has 13 nitrogen and oxygen atoms in total. The Bertz CT molecular complexity index is 1390. The van der Waals surface area contributed by atoms with Crippen LogP contribution in [0.3, 0.4) is 0 Å². The summed E-state index contributed by atoms with van der Waals surface area (Å²) in [6, 6.07) is -3.68. The third kappa shape index (κ3) is 8.83. The zero-order chi connectivity index (χ0) is 35.3. The van der Waals surface area contributed by atoms with Gasteiger partial charge in [-0.3, -0.25) is 33.8 Å². The molecule has 1 aromatic rings. The molecule has 0 aromatic carbocycles. The molecule has 3 aliphatic carbocycles. The number of fused-ring (bicyclic) bond motifs is 1. The normalized spacial score (nSPS) is 24.2. The molecule has 1 aromatic heterocycles. The van der Waals surface area contributed by atoms with E-state index < -0.39 is 59.0 Å². The van der Waals surface area contributed by atoms with Crippen molar-refractivity contribution in [2.24, 2.45) is 23.2 Å². The van der Waals surface area contributed by atoms with Crippen molar-refractivity contribution in [1.29, 1.82) is 0 Å². The fraction of sp³-hybridized carbons (Fsp3) is 0.722. The highest BCUT2D eigenvalue weighted by Gasteiger charge is 2.52. The highest BCUT2D eigenvalue weighted by Crippen LogP contribution is 2.43. The SMILES string of the molecule is CCC[C@H](NC(=O)C1C2CCCC2CN1C(=O)[C@H](NC(=O)[C@H](NC(=O)c1cnccn1)C1CCCCC1)C(C)(C)C)C(=O)C(=O)NC1CC1. The number of likely N-dealkylation sites (tertiary alicyclic amines) is 1. The quantitative estimate of drug-likeness (QED) is 0.230. The zero-order valence-corrected chi connectivity index (χ0v) is 29.3. The predicted octanol–water partition coefficient (Wildman–Crippen LogP) is 2.45. The second-order valence-electron chi connectivity index (χ2n) is 15.5. The first-order valence-corrected chi connectivity index (χ1v) is 18.2. The Morgan fingerprint density at radius 2 is 1.63 bits per heavy atom. The molecule has 3 unspecified atom stereocenters. The molecule has 1 saturated heterocycles. The maximum absolute atomic E-state index is 14.6. The van der Waals surface area contributed by atoms with Gasteiger partial charge in [-0.25, -0.2) is 4.98 Å². The first kappa shape index (κ1) is 36.4. The van der Waals surface area contributed by atoms with Crippen molar-refractivity contribution in [2.45, 2.75) is 135 Å². The van der Waals surface area contributed by atoms with Gasteiger partial charge in [0.15, 0.2) is 0 Å². The third-order valence-electron chi connectivity index (χ3n) is 10.7. The van der Waals surface area contributed by atoms with E-state index >= 15 is 0 Å². The van der Waals surface area contributed by atoms with Gasteiger partial charge in [0.25, 0.3) is 11.8 Å². The summed E-state index contributed by atoms with van der Waals surface area (Å²) >= 11 is 0. The molecule has 0 bridgehead atoms. The lowest BCUT2D eigenvalue weighted by Gasteiger charge is -2.38. The maximum Gasteiger partial charge on any atom is 0.289 e. The summed E-state index contributed by atoms with van der Waals surface area (Å²) < 4.78 is 0. The van der Waals surface area contributed by atoms with Gasteiger partial charge >= 0.3 is 0 Å². The Morgan fingerprint density at radius 1 is 0.898 bits per heavy atom. The van der Waals surface area contributed by atoms with E-state index in [0.717, 1.165) is 64.2 Å². The van der Waals surface area contributed by atoms with Crippen molar-refractivity contribution in [3.05, 3.63) is 24.3 Å². The molecule has 1 aliphatic heterocycles. The lowest BCUT2D eigenvalue weighted by molar-refractivity contribution is -0.146. The smallest absolute Gasteiger partial charge is 0.289 e. The summed E-state index contributed by atoms with van der Waals surface area (Å²) in [6.07, 6.45) is 13.9. The van der Waals surface area contributed by atoms with E-state index in [-0.39, 0.29) is 35.4 Å². The van der Waals surface area contributed by atoms with Crippen molar-refractivity contribution in [2.75, 3.05) is 6.54 Å². The average Bonchev–Trinajstić information content (AvgIpc) is 3.65. The highest BCUT2D eigenvalue weighted by atomic mass is 16.2. The van der Waals surface area contributed by atoms with Gasteiger partial charge in [0.1, 0.15) is 23.8 Å². The van der Waals surface area contributed by atoms with Crippen molar-refractivity contribution in [3.8, 4) is 0 Å². The summed E-state index contributed by atoms with van der Waals surface area (Å²) in [4.78, 5) is 91.4. The molecule has 3 saturated carbocycles. The van der Waals surface area contributed by atoms with Crippen molar-refractivity contribution >= 4 is 35.3 Å². The number of hydrogen-bond donors (Lipinski definition) is 4. The number of hydrogen-bond acceptors (Lipinski definition) is 8. The molecule has 49 heavy (non-hydrogen) atoms. The Morgan fingerprint density at radius 3 is 2.27 bits per heavy atom. The van der Waals surface area contributed by atoms with Crippen LogP contribution in [0.1, 0.15) is 115 Å². The highest BCUT2D eigenvalue weighted by molar-refractivity contribution is 6.38. The average molecular weight is 680 g/mol. The molecule has 6 atom stereocenters. The summed E-state index contributed by atoms with van der Waals surface area (Å²) in [6.45, 7) is 7.85. The van der Waals surface area contributed by atoms with Gasteiger partial charge in [-0.2, -0.15) is 0 Å². The Kier molecular flexibility index (Phi) is 11.7. The van der Waals surface area contributed by atoms with E-state index in [1.165, 1.54) is 18.6 Å². The van der Waals surface area contributed by atoms with Crippen LogP contribution >= 0.6 is 0 Å². The molecule has 0 spiro atoms. The van der Waals surface area contributed by atoms with E-state index in [2.05, 4.69) is 31.2 Å². The monoisotopic (exact) mass is 679 g/mol. The van der Waals surface area contributed by atoms with Crippen LogP contribution in [0.2, 0.25) is 0 Å². The van der Waals surface area contributed by atoms with E-state index in [1.54, 1.807) is 4.90 Å². The minimum atomic E-state index is -0.994. The largest absolute Gasteiger partial charge is 0.347 e. The van der Waals surface area contributed by atoms with Crippen LogP contribution in [0.5, 0.6) is 0 Å². The molecule has 268 valence electrons. The molecular weight excluding hydrogens is 626 g/mol. The number of carbonyl (C=O) groups is 6. The second kappa shape index (κ2) is 15.8. The molecule has 4 N–H and O–H groups in total. The van der Waals surface area contributed by atoms with Crippen LogP contribution in [-0.4, -0.2) is 86.9 Å². The number of rotatable bonds is 13. The standard InChI is InChI=1S/C36H53N7O6/c1-5-10-25(29(44)34(48)39-23-15-16-23)40-33(47)28-24-14-9-13-22(24)20-43(28)35(49)30(36(2,3)4)42-32(46)27(21-11-7-6-8-12-21)41-31(45)26-19-37-17-18-38-26/h17-19,21-25,27-28,30H,5-16,20H2,1-4H3,(H,39,48)(H,40,47)(H,41,45)(H,42,46)/t22?,24?,25-,27+,28?,30-/m0/s1. The zero-order valence-electron chi connectivity index (χ0n) is 29.3. The number of nitrogens with zero attached hydrogens (tertiary/aromatic N) is 3. The van der Waals surface area contributed by atoms with Crippen molar-refractivity contribution in [3.63, 3.8) is 0 Å². The number of Topliss-reactive ketones (excluding diaryl/α,β-unsaturated/α-hetero) is 1. The summed E-state index contributed by atoms with van der Waals surface area (Å²) in [5, 5.41) is 11.5. The maximum atomic E-state index is 14.6. The van der Waals surface area contributed by atoms with Gasteiger partial charge in [0.2, 0.25) is 23.5 Å². The first-order valence-electron chi connectivity index (χ1n) is 18.2. The van der Waals surface area contributed by atoms with E-state index in [0.29, 0.717) is 19.4 Å². The van der Waals surface area contributed by atoms with Gasteiger partial charge in [-0.15, -0.1) is 0 Å². The Hall–Kier alpha value is -3.90. The van der Waals surface area contributed by atoms with Gasteiger partial charge < -0.3 is 26.2 Å². The van der Waals surface area contributed by atoms with Gasteiger partial charge in [0.05, 0.1) is 12.2 Å². The minimum Gasteiger partial charge on any atom is -0.347 e. The van der Waals surface area contributed by atoms with Gasteiger partial charge in [-0.05, 0) is 68.1 Å². The predicted molar refractivity (Wildman–Crippen MR) is 181 cm³/mol. The Balaban J connectivity index is 1.36. The minimum absolute atomic E-state index is 0.0132. The molecule has 5 rings (SSSR count). The summed E-state index contributed by atoms with van der Waals surface area (Å²) in [7, 11) is 0. The molecule has 4 aliphatic rings. The van der Waals surface area contributed by atoms with Crippen LogP contribution in [0.4, 0.5) is 0 Å². The van der Waals surface area contributed by atoms with Crippen LogP contribution in [0.15, 0.2) is 18.6 Å². The van der Waals surface area contributed by atoms with Crippen molar-refractivity contribution < 1.29 is 28.8 Å². The molecule has 13 heteroatoms. The van der Waals surface area contributed by atoms with Gasteiger partial charge in [0, 0.05) is 25.0 Å². The number of aromatic nitrogens is 2. The van der Waals surface area contributed by atoms with Crippen LogP contribution in [0, 0.1) is 23.2 Å². The fourth-order valence-corrected chi connectivity index (χ4v) is 7.87. The van der Waals surface area contributed by atoms with E-state index in [4.69, 9.17) is 0 Å². The van der Waals surface area contributed by atoms with Crippen molar-refractivity contribution in [1.82, 2.24) is 36.1 Å². The van der Waals surface area contributed by atoms with E-state index in [9.17, 15) is 28.8 Å². The first-order chi connectivity index (χ1) is 23.4. The molecule has 0 radical (unpaired) electrons. The lowest BCUT2D eigenvalue weighted by atomic mass is 9.82. The molecule has 5 amide bonds. The van der Waals surface area contributed by atoms with Gasteiger partial charge in [-0.1, -0.05) is 59.8 Å². The summed E-state index contributed by atoms with van der Waals surface area (Å²) in [5.41, 5.74) is -0.638. The Labute approximate surface area is 288 Å². The van der Waals surface area contributed by atoms with Crippen LogP contribution < -0.4 is 21.3 Å². The lowest BCUT2D eigenvalue weighted by Crippen LogP contribution is -2.62. The number of amides is 5. The number of nitrogens with one attached hydrogen (secondary N) is 4. The third-order valence-corrected chi connectivity index (χ3v) is 10.7. The molecule has 2 heterocycles. The molecule has 4 fully saturated rings. The summed E-state index contributed by atoms with van der Waals surface area (Å²) in [5.74, 6) is -3.20. The van der Waals surface area contributed by atoms with Crippen LogP contribution in [0.25, 0.3) is 0 Å². The number of carbonyl (C=O) groups excluding carboxylic acids is 6. The molecular formula is C36H53N7O6. The number of ketones is 1.